The highest BCUT2D eigenvalue weighted by Gasteiger charge is 2.40. The number of carbonyl (C=O) groups is 2. The van der Waals surface area contributed by atoms with Gasteiger partial charge >= 0.3 is 11.9 Å². The van der Waals surface area contributed by atoms with Gasteiger partial charge in [0.05, 0.1) is 13.2 Å². The maximum atomic E-state index is 12.9. The first kappa shape index (κ1) is 20.7. The first-order valence-electron chi connectivity index (χ1n) is 10.4. The van der Waals surface area contributed by atoms with Crippen molar-refractivity contribution in [2.75, 3.05) is 13.2 Å². The third-order valence-electron chi connectivity index (χ3n) is 5.25. The zero-order valence-corrected chi connectivity index (χ0v) is 17.5. The molecular weight excluding hydrogens is 392 g/mol. The fourth-order valence-electron chi connectivity index (χ4n) is 3.95. The van der Waals surface area contributed by atoms with Crippen LogP contribution in [0.3, 0.4) is 0 Å². The van der Waals surface area contributed by atoms with Crippen molar-refractivity contribution in [1.82, 2.24) is 0 Å². The Morgan fingerprint density at radius 2 is 1.10 bits per heavy atom. The Morgan fingerprint density at radius 1 is 0.710 bits per heavy atom. The van der Waals surface area contributed by atoms with E-state index in [9.17, 15) is 9.59 Å². The highest BCUT2D eigenvalue weighted by Crippen LogP contribution is 2.48. The van der Waals surface area contributed by atoms with Gasteiger partial charge < -0.3 is 13.9 Å². The number of ether oxygens (including phenoxy) is 2. The van der Waals surface area contributed by atoms with Crippen LogP contribution in [-0.4, -0.2) is 25.2 Å². The average molecular weight is 416 g/mol. The molecule has 0 saturated carbocycles. The van der Waals surface area contributed by atoms with Crippen molar-refractivity contribution in [2.24, 2.45) is 0 Å². The minimum atomic E-state index is -0.669. The Hall–Kier alpha value is -3.60. The van der Waals surface area contributed by atoms with Gasteiger partial charge in [-0.15, -0.1) is 0 Å². The normalized spacial score (nSPS) is 17.1. The van der Waals surface area contributed by atoms with Crippen molar-refractivity contribution < 1.29 is 23.5 Å². The van der Waals surface area contributed by atoms with Crippen LogP contribution in [0.1, 0.15) is 36.8 Å². The molecular formula is C26H24O5. The number of carbonyl (C=O) groups excluding carboxylic acids is 2. The third-order valence-corrected chi connectivity index (χ3v) is 5.25. The minimum absolute atomic E-state index is 0.268. The summed E-state index contributed by atoms with van der Waals surface area (Å²) in [5.41, 5.74) is 2.97. The van der Waals surface area contributed by atoms with E-state index in [0.29, 0.717) is 22.6 Å². The second-order valence-electron chi connectivity index (χ2n) is 7.16. The fourth-order valence-corrected chi connectivity index (χ4v) is 3.95. The zero-order valence-electron chi connectivity index (χ0n) is 17.5. The van der Waals surface area contributed by atoms with Gasteiger partial charge in [-0.2, -0.15) is 0 Å². The van der Waals surface area contributed by atoms with E-state index in [-0.39, 0.29) is 25.2 Å². The van der Waals surface area contributed by atoms with Gasteiger partial charge in [0.15, 0.2) is 0 Å². The fraction of sp³-hybridized carbons (Fsp3) is 0.231. The summed E-state index contributed by atoms with van der Waals surface area (Å²) in [6.45, 7) is 4.08. The molecule has 0 radical (unpaired) electrons. The van der Waals surface area contributed by atoms with Gasteiger partial charge in [0.2, 0.25) is 0 Å². The molecule has 5 nitrogen and oxygen atoms in total. The van der Waals surface area contributed by atoms with Gasteiger partial charge in [0.1, 0.15) is 23.4 Å². The van der Waals surface area contributed by atoms with E-state index in [2.05, 4.69) is 0 Å². The molecule has 1 aliphatic rings. The second kappa shape index (κ2) is 9.04. The molecule has 1 aliphatic carbocycles. The molecule has 2 atom stereocenters. The highest BCUT2D eigenvalue weighted by molar-refractivity contribution is 5.93. The first-order chi connectivity index (χ1) is 15.2. The lowest BCUT2D eigenvalue weighted by Gasteiger charge is -2.23. The maximum absolute atomic E-state index is 12.9. The summed E-state index contributed by atoms with van der Waals surface area (Å²) in [5.74, 6) is -0.966. The van der Waals surface area contributed by atoms with Crippen LogP contribution in [0.25, 0.3) is 22.6 Å². The number of hydrogen-bond acceptors (Lipinski definition) is 5. The molecule has 2 aromatic carbocycles. The van der Waals surface area contributed by atoms with Crippen LogP contribution in [0.5, 0.6) is 0 Å². The van der Waals surface area contributed by atoms with Crippen LogP contribution >= 0.6 is 0 Å². The Kier molecular flexibility index (Phi) is 6.03. The van der Waals surface area contributed by atoms with Crippen molar-refractivity contribution in [2.45, 2.75) is 25.7 Å². The predicted molar refractivity (Wildman–Crippen MR) is 117 cm³/mol. The van der Waals surface area contributed by atoms with Gasteiger partial charge in [-0.05, 0) is 13.8 Å². The molecule has 3 aromatic rings. The molecule has 0 spiro atoms. The lowest BCUT2D eigenvalue weighted by molar-refractivity contribution is -0.145. The molecule has 0 bridgehead atoms. The van der Waals surface area contributed by atoms with E-state index in [4.69, 9.17) is 13.9 Å². The second-order valence-corrected chi connectivity index (χ2v) is 7.16. The summed E-state index contributed by atoms with van der Waals surface area (Å²) in [6.07, 6.45) is 3.44. The monoisotopic (exact) mass is 416 g/mol. The number of fused-ring (bicyclic) bond motifs is 1. The molecule has 0 saturated heterocycles. The van der Waals surface area contributed by atoms with Crippen LogP contribution in [0.15, 0.2) is 77.2 Å². The average Bonchev–Trinajstić information content (AvgIpc) is 3.20. The smallest absolute Gasteiger partial charge is 0.317 e. The van der Waals surface area contributed by atoms with Crippen molar-refractivity contribution in [3.05, 3.63) is 83.9 Å². The van der Waals surface area contributed by atoms with E-state index in [1.54, 1.807) is 26.0 Å². The van der Waals surface area contributed by atoms with Crippen LogP contribution in [-0.2, 0) is 19.1 Å². The zero-order chi connectivity index (χ0) is 21.8. The number of benzene rings is 2. The quantitative estimate of drug-likeness (QED) is 0.393. The van der Waals surface area contributed by atoms with Crippen LogP contribution in [0.2, 0.25) is 0 Å². The number of hydrogen-bond donors (Lipinski definition) is 0. The maximum Gasteiger partial charge on any atom is 0.317 e. The van der Waals surface area contributed by atoms with Crippen molar-refractivity contribution in [3.63, 3.8) is 0 Å². The Balaban J connectivity index is 1.99. The standard InChI is InChI=1S/C26H24O5/c1-3-29-25(27)19-15-16-20(26(28)30-4-2)22-21(19)23(17-11-7-5-8-12-17)31-24(22)18-13-9-6-10-14-18/h5-16,19-20H,3-4H2,1-2H3. The van der Waals surface area contributed by atoms with Crippen LogP contribution in [0.4, 0.5) is 0 Å². The number of rotatable bonds is 6. The first-order valence-corrected chi connectivity index (χ1v) is 10.4. The van der Waals surface area contributed by atoms with E-state index in [1.165, 1.54) is 0 Å². The lowest BCUT2D eigenvalue weighted by Crippen LogP contribution is -2.23. The Labute approximate surface area is 181 Å². The van der Waals surface area contributed by atoms with Gasteiger partial charge in [0.25, 0.3) is 0 Å². The molecule has 0 N–H and O–H groups in total. The topological polar surface area (TPSA) is 65.7 Å². The summed E-state index contributed by atoms with van der Waals surface area (Å²) in [5, 5.41) is 0. The third kappa shape index (κ3) is 3.91. The number of esters is 2. The van der Waals surface area contributed by atoms with Crippen LogP contribution in [0, 0.1) is 0 Å². The van der Waals surface area contributed by atoms with Gasteiger partial charge in [0, 0.05) is 22.3 Å². The molecule has 4 rings (SSSR count). The molecule has 0 aliphatic heterocycles. The summed E-state index contributed by atoms with van der Waals surface area (Å²) in [6, 6.07) is 19.2. The van der Waals surface area contributed by atoms with Crippen molar-refractivity contribution in [1.29, 1.82) is 0 Å². The molecule has 2 unspecified atom stereocenters. The Bertz CT molecular complexity index is 1010. The molecule has 5 heteroatoms. The van der Waals surface area contributed by atoms with E-state index in [1.807, 2.05) is 60.7 Å². The summed E-state index contributed by atoms with van der Waals surface area (Å²) in [4.78, 5) is 25.7. The molecule has 1 heterocycles. The van der Waals surface area contributed by atoms with Gasteiger partial charge in [-0.25, -0.2) is 0 Å². The van der Waals surface area contributed by atoms with Gasteiger partial charge in [-0.1, -0.05) is 72.8 Å². The minimum Gasteiger partial charge on any atom is -0.465 e. The highest BCUT2D eigenvalue weighted by atomic mass is 16.5. The Morgan fingerprint density at radius 3 is 1.45 bits per heavy atom. The summed E-state index contributed by atoms with van der Waals surface area (Å²) in [7, 11) is 0. The van der Waals surface area contributed by atoms with Crippen molar-refractivity contribution in [3.8, 4) is 22.6 Å². The van der Waals surface area contributed by atoms with E-state index >= 15 is 0 Å². The lowest BCUT2D eigenvalue weighted by atomic mass is 9.80. The SMILES string of the molecule is CCOC(=O)C1C=CC(C(=O)OCC)c2c(-c3ccccc3)oc(-c3ccccc3)c21. The van der Waals surface area contributed by atoms with E-state index < -0.39 is 11.8 Å². The number of furan rings is 1. The van der Waals surface area contributed by atoms with Crippen LogP contribution < -0.4 is 0 Å². The predicted octanol–water partition coefficient (Wildman–Crippen LogP) is 5.48. The molecule has 0 amide bonds. The summed E-state index contributed by atoms with van der Waals surface area (Å²) >= 11 is 0. The van der Waals surface area contributed by atoms with Gasteiger partial charge in [-0.3, -0.25) is 9.59 Å². The van der Waals surface area contributed by atoms with Crippen molar-refractivity contribution >= 4 is 11.9 Å². The largest absolute Gasteiger partial charge is 0.465 e. The molecule has 31 heavy (non-hydrogen) atoms. The molecule has 158 valence electrons. The molecule has 0 fully saturated rings. The molecule has 1 aromatic heterocycles. The summed E-state index contributed by atoms with van der Waals surface area (Å²) < 4.78 is 17.1. The van der Waals surface area contributed by atoms with E-state index in [0.717, 1.165) is 11.1 Å².